The maximum Gasteiger partial charge on any atom is 0.0714 e. The van der Waals surface area contributed by atoms with E-state index in [1.165, 1.54) is 32.1 Å². The summed E-state index contributed by atoms with van der Waals surface area (Å²) >= 11 is 0. The third-order valence-electron chi connectivity index (χ3n) is 4.38. The van der Waals surface area contributed by atoms with Crippen LogP contribution in [-0.2, 0) is 0 Å². The molecule has 0 spiro atoms. The number of nitrogens with zero attached hydrogens (tertiary/aromatic N) is 1. The van der Waals surface area contributed by atoms with Gasteiger partial charge in [0, 0.05) is 18.1 Å². The van der Waals surface area contributed by atoms with E-state index in [0.29, 0.717) is 12.1 Å². The number of piperidine rings is 2. The van der Waals surface area contributed by atoms with Gasteiger partial charge in [0.15, 0.2) is 0 Å². The van der Waals surface area contributed by atoms with E-state index in [1.54, 1.807) is 0 Å². The number of terminal acetylenes is 1. The summed E-state index contributed by atoms with van der Waals surface area (Å²) in [5.41, 5.74) is 0. The molecule has 2 bridgehead atoms. The lowest BCUT2D eigenvalue weighted by molar-refractivity contribution is 0.00633. The number of rotatable bonds is 3. The molecule has 2 aliphatic heterocycles. The summed E-state index contributed by atoms with van der Waals surface area (Å²) in [7, 11) is 2.09. The molecule has 16 heavy (non-hydrogen) atoms. The zero-order chi connectivity index (χ0) is 11.5. The maximum atomic E-state index is 5.68. The predicted molar refractivity (Wildman–Crippen MR) is 68.3 cm³/mol. The Morgan fingerprint density at radius 2 is 2.00 bits per heavy atom. The summed E-state index contributed by atoms with van der Waals surface area (Å²) in [5.74, 6) is 2.99. The zero-order valence-electron chi connectivity index (χ0n) is 10.6. The van der Waals surface area contributed by atoms with Crippen LogP contribution >= 0.6 is 0 Å². The van der Waals surface area contributed by atoms with E-state index < -0.39 is 0 Å². The second kappa shape index (κ2) is 5.21. The minimum atomic E-state index is 0.369. The fourth-order valence-corrected chi connectivity index (χ4v) is 3.58. The average Bonchev–Trinajstić information content (AvgIpc) is 2.30. The second-order valence-corrected chi connectivity index (χ2v) is 5.23. The van der Waals surface area contributed by atoms with Crippen LogP contribution in [0, 0.1) is 12.3 Å². The van der Waals surface area contributed by atoms with Gasteiger partial charge in [0.1, 0.15) is 0 Å². The monoisotopic (exact) mass is 220 g/mol. The Morgan fingerprint density at radius 1 is 1.38 bits per heavy atom. The maximum absolute atomic E-state index is 5.68. The largest absolute Gasteiger partial charge is 0.317 e. The van der Waals surface area contributed by atoms with Gasteiger partial charge < -0.3 is 5.32 Å². The molecule has 0 aliphatic carbocycles. The van der Waals surface area contributed by atoms with Crippen molar-refractivity contribution in [3.63, 3.8) is 0 Å². The number of fused-ring (bicyclic) bond motifs is 2. The number of hydrogen-bond donors (Lipinski definition) is 1. The Balaban J connectivity index is 2.11. The van der Waals surface area contributed by atoms with Crippen LogP contribution in [0.15, 0.2) is 0 Å². The van der Waals surface area contributed by atoms with Crippen molar-refractivity contribution in [2.24, 2.45) is 0 Å². The first-order valence-electron chi connectivity index (χ1n) is 6.71. The van der Waals surface area contributed by atoms with Gasteiger partial charge in [0.2, 0.25) is 0 Å². The highest BCUT2D eigenvalue weighted by atomic mass is 15.2. The second-order valence-electron chi connectivity index (χ2n) is 5.23. The molecule has 2 saturated heterocycles. The summed E-state index contributed by atoms with van der Waals surface area (Å²) in [6.07, 6.45) is 13.4. The highest BCUT2D eigenvalue weighted by Gasteiger charge is 2.40. The third-order valence-corrected chi connectivity index (χ3v) is 4.38. The molecule has 2 aliphatic rings. The molecule has 2 heterocycles. The van der Waals surface area contributed by atoms with E-state index in [-0.39, 0.29) is 0 Å². The predicted octanol–water partition coefficient (Wildman–Crippen LogP) is 2.00. The molecule has 3 atom stereocenters. The van der Waals surface area contributed by atoms with Gasteiger partial charge >= 0.3 is 0 Å². The van der Waals surface area contributed by atoms with Crippen LogP contribution in [0.4, 0.5) is 0 Å². The lowest BCUT2D eigenvalue weighted by Gasteiger charge is -2.51. The van der Waals surface area contributed by atoms with Crippen LogP contribution in [0.3, 0.4) is 0 Å². The van der Waals surface area contributed by atoms with Gasteiger partial charge in [-0.3, -0.25) is 4.90 Å². The highest BCUT2D eigenvalue weighted by molar-refractivity contribution is 5.06. The lowest BCUT2D eigenvalue weighted by atomic mass is 9.80. The summed E-state index contributed by atoms with van der Waals surface area (Å²) in [6, 6.07) is 2.53. The summed E-state index contributed by atoms with van der Waals surface area (Å²) in [4.78, 5) is 2.65. The van der Waals surface area contributed by atoms with E-state index in [4.69, 9.17) is 6.42 Å². The van der Waals surface area contributed by atoms with Crippen molar-refractivity contribution in [2.75, 3.05) is 7.05 Å². The van der Waals surface area contributed by atoms with Gasteiger partial charge in [-0.1, -0.05) is 19.3 Å². The molecule has 0 saturated carbocycles. The van der Waals surface area contributed by atoms with Crippen LogP contribution < -0.4 is 5.32 Å². The first kappa shape index (κ1) is 12.0. The first-order valence-corrected chi connectivity index (χ1v) is 6.71. The molecule has 2 rings (SSSR count). The molecule has 1 N–H and O–H groups in total. The van der Waals surface area contributed by atoms with Crippen molar-refractivity contribution in [1.29, 1.82) is 0 Å². The van der Waals surface area contributed by atoms with Crippen LogP contribution in [0.2, 0.25) is 0 Å². The average molecular weight is 220 g/mol. The normalized spacial score (nSPS) is 36.7. The quantitative estimate of drug-likeness (QED) is 0.732. The molecule has 0 aromatic heterocycles. The molecule has 0 radical (unpaired) electrons. The molecular formula is C14H24N2. The Hall–Kier alpha value is -0.520. The fourth-order valence-electron chi connectivity index (χ4n) is 3.58. The molecule has 0 aromatic carbocycles. The van der Waals surface area contributed by atoms with Crippen molar-refractivity contribution < 1.29 is 0 Å². The standard InChI is InChI=1S/C14H24N2/c1-4-12(5-2)16-13-7-6-8-14(16)10-11(9-13)15-3/h1,11-15H,5-10H2,2-3H3. The fraction of sp³-hybridized carbons (Fsp3) is 0.857. The van der Waals surface area contributed by atoms with Gasteiger partial charge in [-0.2, -0.15) is 0 Å². The summed E-state index contributed by atoms with van der Waals surface area (Å²) in [6.45, 7) is 2.21. The number of nitrogens with one attached hydrogen (secondary N) is 1. The van der Waals surface area contributed by atoms with Crippen molar-refractivity contribution in [2.45, 2.75) is 69.6 Å². The zero-order valence-corrected chi connectivity index (χ0v) is 10.6. The molecule has 0 aromatic rings. The van der Waals surface area contributed by atoms with E-state index in [0.717, 1.165) is 18.5 Å². The van der Waals surface area contributed by atoms with Gasteiger partial charge in [-0.15, -0.1) is 6.42 Å². The van der Waals surface area contributed by atoms with Crippen LogP contribution in [0.5, 0.6) is 0 Å². The Bertz CT molecular complexity index is 254. The van der Waals surface area contributed by atoms with Crippen LogP contribution in [0.25, 0.3) is 0 Å². The van der Waals surface area contributed by atoms with Crippen molar-refractivity contribution in [3.8, 4) is 12.3 Å². The topological polar surface area (TPSA) is 15.3 Å². The molecule has 3 unspecified atom stereocenters. The van der Waals surface area contributed by atoms with Gasteiger partial charge in [0.05, 0.1) is 6.04 Å². The van der Waals surface area contributed by atoms with Crippen molar-refractivity contribution >= 4 is 0 Å². The van der Waals surface area contributed by atoms with Crippen molar-refractivity contribution in [3.05, 3.63) is 0 Å². The minimum absolute atomic E-state index is 0.369. The van der Waals surface area contributed by atoms with E-state index in [1.807, 2.05) is 0 Å². The first-order chi connectivity index (χ1) is 7.80. The minimum Gasteiger partial charge on any atom is -0.317 e. The van der Waals surface area contributed by atoms with E-state index >= 15 is 0 Å². The van der Waals surface area contributed by atoms with Gasteiger partial charge in [-0.05, 0) is 39.2 Å². The van der Waals surface area contributed by atoms with Gasteiger partial charge in [-0.25, -0.2) is 0 Å². The molecule has 0 amide bonds. The Labute approximate surface area is 99.8 Å². The Kier molecular flexibility index (Phi) is 3.89. The van der Waals surface area contributed by atoms with Crippen LogP contribution in [-0.4, -0.2) is 36.1 Å². The summed E-state index contributed by atoms with van der Waals surface area (Å²) in [5, 5.41) is 3.45. The summed E-state index contributed by atoms with van der Waals surface area (Å²) < 4.78 is 0. The van der Waals surface area contributed by atoms with Crippen LogP contribution in [0.1, 0.15) is 45.4 Å². The molecule has 2 nitrogen and oxygen atoms in total. The molecule has 2 fully saturated rings. The Morgan fingerprint density at radius 3 is 2.44 bits per heavy atom. The molecular weight excluding hydrogens is 196 g/mol. The van der Waals surface area contributed by atoms with Crippen molar-refractivity contribution in [1.82, 2.24) is 10.2 Å². The lowest BCUT2D eigenvalue weighted by Crippen LogP contribution is -2.58. The smallest absolute Gasteiger partial charge is 0.0714 e. The SMILES string of the molecule is C#CC(CC)N1C2CCCC1CC(NC)C2. The molecule has 2 heteroatoms. The highest BCUT2D eigenvalue weighted by Crippen LogP contribution is 2.35. The third kappa shape index (κ3) is 2.12. The molecule has 90 valence electrons. The van der Waals surface area contributed by atoms with E-state index in [9.17, 15) is 0 Å². The number of hydrogen-bond acceptors (Lipinski definition) is 2. The van der Waals surface area contributed by atoms with Gasteiger partial charge in [0.25, 0.3) is 0 Å². The van der Waals surface area contributed by atoms with E-state index in [2.05, 4.69) is 30.1 Å².